The molecule has 31 heavy (non-hydrogen) atoms. The SMILES string of the molecule is COc1ccccc1C(=O)N(Cc1nc2cc(C)ccc2o1)Cc1cc(F)ccc1F. The van der Waals surface area contributed by atoms with Crippen LogP contribution in [-0.2, 0) is 13.1 Å². The Morgan fingerprint density at radius 2 is 1.87 bits per heavy atom. The third-order valence-corrected chi connectivity index (χ3v) is 4.91. The third-order valence-electron chi connectivity index (χ3n) is 4.91. The van der Waals surface area contributed by atoms with E-state index >= 15 is 0 Å². The lowest BCUT2D eigenvalue weighted by Crippen LogP contribution is -2.31. The van der Waals surface area contributed by atoms with E-state index in [-0.39, 0.29) is 18.7 Å². The maximum Gasteiger partial charge on any atom is 0.258 e. The molecule has 0 saturated heterocycles. The van der Waals surface area contributed by atoms with E-state index in [1.165, 1.54) is 12.0 Å². The molecule has 0 aliphatic carbocycles. The second-order valence-electron chi connectivity index (χ2n) is 7.18. The number of methoxy groups -OCH3 is 1. The smallest absolute Gasteiger partial charge is 0.258 e. The van der Waals surface area contributed by atoms with Crippen LogP contribution in [0.25, 0.3) is 11.1 Å². The number of oxazole rings is 1. The zero-order valence-corrected chi connectivity index (χ0v) is 17.1. The van der Waals surface area contributed by atoms with Gasteiger partial charge in [0.05, 0.1) is 19.2 Å². The van der Waals surface area contributed by atoms with Gasteiger partial charge < -0.3 is 14.1 Å². The van der Waals surface area contributed by atoms with E-state index in [4.69, 9.17) is 9.15 Å². The molecule has 0 unspecified atom stereocenters. The molecule has 7 heteroatoms. The lowest BCUT2D eigenvalue weighted by atomic mass is 10.1. The Bertz CT molecular complexity index is 1250. The fourth-order valence-corrected chi connectivity index (χ4v) is 3.38. The molecule has 0 fully saturated rings. The molecule has 0 bridgehead atoms. The average Bonchev–Trinajstić information content (AvgIpc) is 3.16. The van der Waals surface area contributed by atoms with Gasteiger partial charge in [-0.15, -0.1) is 0 Å². The Kier molecular flexibility index (Phi) is 5.66. The normalized spacial score (nSPS) is 11.0. The van der Waals surface area contributed by atoms with Gasteiger partial charge in [0.25, 0.3) is 5.91 Å². The molecule has 0 saturated carbocycles. The summed E-state index contributed by atoms with van der Waals surface area (Å²) in [5.74, 6) is -0.934. The number of rotatable bonds is 6. The minimum Gasteiger partial charge on any atom is -0.496 e. The van der Waals surface area contributed by atoms with Gasteiger partial charge in [-0.05, 0) is 55.0 Å². The molecule has 4 rings (SSSR count). The fourth-order valence-electron chi connectivity index (χ4n) is 3.38. The summed E-state index contributed by atoms with van der Waals surface area (Å²) in [5.41, 5.74) is 2.62. The molecule has 4 aromatic rings. The van der Waals surface area contributed by atoms with E-state index < -0.39 is 17.5 Å². The van der Waals surface area contributed by atoms with Gasteiger partial charge in [-0.1, -0.05) is 18.2 Å². The first kappa shape index (κ1) is 20.5. The second kappa shape index (κ2) is 8.55. The summed E-state index contributed by atoms with van der Waals surface area (Å²) in [4.78, 5) is 19.2. The summed E-state index contributed by atoms with van der Waals surface area (Å²) in [6.45, 7) is 1.75. The van der Waals surface area contributed by atoms with Crippen LogP contribution in [0.1, 0.15) is 27.4 Å². The molecule has 3 aromatic carbocycles. The molecule has 5 nitrogen and oxygen atoms in total. The standard InChI is InChI=1S/C24H20F2N2O3/c1-15-7-10-22-20(11-15)27-23(31-22)14-28(13-16-12-17(25)8-9-19(16)26)24(29)18-5-3-4-6-21(18)30-2/h3-12H,13-14H2,1-2H3. The van der Waals surface area contributed by atoms with Crippen molar-refractivity contribution in [2.45, 2.75) is 20.0 Å². The Morgan fingerprint density at radius 1 is 1.06 bits per heavy atom. The molecule has 0 aliphatic heterocycles. The van der Waals surface area contributed by atoms with Crippen molar-refractivity contribution in [2.75, 3.05) is 7.11 Å². The largest absolute Gasteiger partial charge is 0.496 e. The predicted molar refractivity (Wildman–Crippen MR) is 112 cm³/mol. The number of carbonyl (C=O) groups excluding carboxylic acids is 1. The van der Waals surface area contributed by atoms with E-state index in [0.29, 0.717) is 28.3 Å². The van der Waals surface area contributed by atoms with Gasteiger partial charge in [0.2, 0.25) is 5.89 Å². The third kappa shape index (κ3) is 4.40. The van der Waals surface area contributed by atoms with Crippen LogP contribution in [-0.4, -0.2) is 22.9 Å². The number of para-hydroxylation sites is 1. The van der Waals surface area contributed by atoms with Crippen LogP contribution in [0.15, 0.2) is 65.1 Å². The number of benzene rings is 3. The summed E-state index contributed by atoms with van der Waals surface area (Å²) < 4.78 is 39.1. The van der Waals surface area contributed by atoms with Crippen LogP contribution in [0.5, 0.6) is 5.75 Å². The maximum atomic E-state index is 14.3. The molecule has 158 valence electrons. The number of aryl methyl sites for hydroxylation is 1. The van der Waals surface area contributed by atoms with Crippen molar-refractivity contribution in [1.29, 1.82) is 0 Å². The number of halogens is 2. The highest BCUT2D eigenvalue weighted by Gasteiger charge is 2.23. The van der Waals surface area contributed by atoms with Crippen LogP contribution < -0.4 is 4.74 Å². The summed E-state index contributed by atoms with van der Waals surface area (Å²) in [6.07, 6.45) is 0. The first-order valence-electron chi connectivity index (χ1n) is 9.67. The Morgan fingerprint density at radius 3 is 2.68 bits per heavy atom. The van der Waals surface area contributed by atoms with Gasteiger partial charge in [0.15, 0.2) is 5.58 Å². The number of ether oxygens (including phenoxy) is 1. The zero-order valence-electron chi connectivity index (χ0n) is 17.1. The highest BCUT2D eigenvalue weighted by Crippen LogP contribution is 2.24. The van der Waals surface area contributed by atoms with Crippen LogP contribution in [0.4, 0.5) is 8.78 Å². The molecule has 0 aliphatic rings. The van der Waals surface area contributed by atoms with E-state index in [0.717, 1.165) is 23.8 Å². The molecule has 1 heterocycles. The summed E-state index contributed by atoms with van der Waals surface area (Å²) in [5, 5.41) is 0. The molecule has 0 N–H and O–H groups in total. The predicted octanol–water partition coefficient (Wildman–Crippen LogP) is 5.27. The van der Waals surface area contributed by atoms with Crippen LogP contribution >= 0.6 is 0 Å². The maximum absolute atomic E-state index is 14.3. The van der Waals surface area contributed by atoms with Gasteiger partial charge in [-0.2, -0.15) is 0 Å². The topological polar surface area (TPSA) is 55.6 Å². The quantitative estimate of drug-likeness (QED) is 0.425. The second-order valence-corrected chi connectivity index (χ2v) is 7.18. The van der Waals surface area contributed by atoms with E-state index in [9.17, 15) is 13.6 Å². The fraction of sp³-hybridized carbons (Fsp3) is 0.167. The molecular weight excluding hydrogens is 402 g/mol. The van der Waals surface area contributed by atoms with Gasteiger partial charge in [-0.3, -0.25) is 4.79 Å². The number of aromatic nitrogens is 1. The molecule has 0 atom stereocenters. The van der Waals surface area contributed by atoms with Crippen LogP contribution in [0.2, 0.25) is 0 Å². The number of fused-ring (bicyclic) bond motifs is 1. The summed E-state index contributed by atoms with van der Waals surface area (Å²) in [7, 11) is 1.46. The first-order valence-corrected chi connectivity index (χ1v) is 9.67. The van der Waals surface area contributed by atoms with Crippen LogP contribution in [0.3, 0.4) is 0 Å². The number of hydrogen-bond acceptors (Lipinski definition) is 4. The Hall–Kier alpha value is -3.74. The Labute approximate surface area is 177 Å². The lowest BCUT2D eigenvalue weighted by molar-refractivity contribution is 0.0710. The summed E-state index contributed by atoms with van der Waals surface area (Å²) >= 11 is 0. The van der Waals surface area contributed by atoms with Crippen molar-refractivity contribution in [2.24, 2.45) is 0 Å². The van der Waals surface area contributed by atoms with E-state index in [1.807, 2.05) is 19.1 Å². The number of amides is 1. The highest BCUT2D eigenvalue weighted by atomic mass is 19.1. The van der Waals surface area contributed by atoms with Crippen LogP contribution in [0, 0.1) is 18.6 Å². The molecule has 0 spiro atoms. The average molecular weight is 422 g/mol. The molecule has 1 aromatic heterocycles. The monoisotopic (exact) mass is 422 g/mol. The molecule has 1 amide bonds. The number of nitrogens with zero attached hydrogens (tertiary/aromatic N) is 2. The van der Waals surface area contributed by atoms with E-state index in [2.05, 4.69) is 4.98 Å². The van der Waals surface area contributed by atoms with Crippen molar-refractivity contribution in [3.8, 4) is 5.75 Å². The summed E-state index contributed by atoms with van der Waals surface area (Å²) in [6, 6.07) is 15.5. The molecule has 0 radical (unpaired) electrons. The van der Waals surface area contributed by atoms with Crippen molar-refractivity contribution in [1.82, 2.24) is 9.88 Å². The van der Waals surface area contributed by atoms with Crippen molar-refractivity contribution < 1.29 is 22.7 Å². The zero-order chi connectivity index (χ0) is 22.0. The molecular formula is C24H20F2N2O3. The van der Waals surface area contributed by atoms with Crippen molar-refractivity contribution in [3.63, 3.8) is 0 Å². The number of hydrogen-bond donors (Lipinski definition) is 0. The lowest BCUT2D eigenvalue weighted by Gasteiger charge is -2.22. The van der Waals surface area contributed by atoms with Crippen molar-refractivity contribution >= 4 is 17.0 Å². The van der Waals surface area contributed by atoms with Gasteiger partial charge >= 0.3 is 0 Å². The number of carbonyl (C=O) groups is 1. The highest BCUT2D eigenvalue weighted by molar-refractivity contribution is 5.96. The van der Waals surface area contributed by atoms with E-state index in [1.54, 1.807) is 30.3 Å². The van der Waals surface area contributed by atoms with Crippen molar-refractivity contribution in [3.05, 3.63) is 94.9 Å². The van der Waals surface area contributed by atoms with Gasteiger partial charge in [-0.25, -0.2) is 13.8 Å². The van der Waals surface area contributed by atoms with Gasteiger partial charge in [0, 0.05) is 12.1 Å². The van der Waals surface area contributed by atoms with Gasteiger partial charge in [0.1, 0.15) is 22.9 Å². The minimum absolute atomic E-state index is 0.0272. The minimum atomic E-state index is -0.604. The Balaban J connectivity index is 1.72. The first-order chi connectivity index (χ1) is 14.9.